The smallest absolute Gasteiger partial charge is 0.340 e. The summed E-state index contributed by atoms with van der Waals surface area (Å²) in [6.07, 6.45) is -1.28. The minimum Gasteiger partial charge on any atom is -0.449 e. The molecule has 1 aromatic rings. The van der Waals surface area contributed by atoms with Gasteiger partial charge in [-0.1, -0.05) is 19.1 Å². The number of rotatable bonds is 6. The van der Waals surface area contributed by atoms with Gasteiger partial charge in [0.2, 0.25) is 0 Å². The monoisotopic (exact) mass is 370 g/mol. The average Bonchev–Trinajstić information content (AvgIpc) is 2.53. The lowest BCUT2D eigenvalue weighted by Crippen LogP contribution is -2.46. The van der Waals surface area contributed by atoms with Crippen LogP contribution in [0.25, 0.3) is 0 Å². The lowest BCUT2D eigenvalue weighted by molar-refractivity contribution is -0.127. The number of amides is 3. The van der Waals surface area contributed by atoms with Crippen LogP contribution in [0.15, 0.2) is 29.2 Å². The van der Waals surface area contributed by atoms with E-state index in [1.807, 2.05) is 5.32 Å². The van der Waals surface area contributed by atoms with Gasteiger partial charge in [0.25, 0.3) is 5.91 Å². The van der Waals surface area contributed by atoms with Gasteiger partial charge in [0.1, 0.15) is 0 Å². The highest BCUT2D eigenvalue weighted by molar-refractivity contribution is 7.91. The maximum absolute atomic E-state index is 12.2. The Morgan fingerprint density at radius 3 is 2.28 bits per heavy atom. The van der Waals surface area contributed by atoms with Gasteiger partial charge in [0.05, 0.1) is 16.2 Å². The van der Waals surface area contributed by atoms with Crippen LogP contribution in [0.1, 0.15) is 38.1 Å². The molecule has 0 saturated heterocycles. The Bertz CT molecular complexity index is 758. The standard InChI is InChI=1S/C16H22N2O6S/c1-5-25(22,23)13-9-7-6-8-12(13)15(20)24-11(4)14(19)18-16(21)17-10(2)3/h6-11H,5H2,1-4H3,(H2,17,18,19,21). The Kier molecular flexibility index (Phi) is 7.10. The second-order valence-electron chi connectivity index (χ2n) is 5.56. The SMILES string of the molecule is CCS(=O)(=O)c1ccccc1C(=O)OC(C)C(=O)NC(=O)NC(C)C. The van der Waals surface area contributed by atoms with Crippen molar-refractivity contribution in [3.8, 4) is 0 Å². The topological polar surface area (TPSA) is 119 Å². The van der Waals surface area contributed by atoms with Crippen LogP contribution in [0.3, 0.4) is 0 Å². The summed E-state index contributed by atoms with van der Waals surface area (Å²) in [5.74, 6) is -1.95. The molecule has 0 heterocycles. The first kappa shape index (κ1) is 20.6. The van der Waals surface area contributed by atoms with Gasteiger partial charge in [0.15, 0.2) is 15.9 Å². The van der Waals surface area contributed by atoms with Crippen LogP contribution >= 0.6 is 0 Å². The number of carbonyl (C=O) groups excluding carboxylic acids is 3. The van der Waals surface area contributed by atoms with Gasteiger partial charge in [-0.2, -0.15) is 0 Å². The quantitative estimate of drug-likeness (QED) is 0.728. The minimum atomic E-state index is -3.63. The molecule has 1 unspecified atom stereocenters. The summed E-state index contributed by atoms with van der Waals surface area (Å²) < 4.78 is 29.1. The molecule has 8 nitrogen and oxygen atoms in total. The maximum atomic E-state index is 12.2. The van der Waals surface area contributed by atoms with E-state index in [2.05, 4.69) is 5.32 Å². The lowest BCUT2D eigenvalue weighted by atomic mass is 10.2. The fourth-order valence-electron chi connectivity index (χ4n) is 1.85. The summed E-state index contributed by atoms with van der Waals surface area (Å²) in [6.45, 7) is 6.19. The zero-order chi connectivity index (χ0) is 19.2. The largest absolute Gasteiger partial charge is 0.449 e. The molecule has 0 fully saturated rings. The predicted octanol–water partition coefficient (Wildman–Crippen LogP) is 1.26. The Labute approximate surface area is 146 Å². The van der Waals surface area contributed by atoms with Crippen LogP contribution in [0.5, 0.6) is 0 Å². The summed E-state index contributed by atoms with van der Waals surface area (Å²) >= 11 is 0. The number of imide groups is 1. The van der Waals surface area contributed by atoms with Gasteiger partial charge in [-0.25, -0.2) is 18.0 Å². The molecule has 0 radical (unpaired) electrons. The summed E-state index contributed by atoms with van der Waals surface area (Å²) in [6, 6.07) is 4.71. The molecule has 0 aliphatic heterocycles. The number of benzene rings is 1. The summed E-state index contributed by atoms with van der Waals surface area (Å²) in [4.78, 5) is 35.4. The lowest BCUT2D eigenvalue weighted by Gasteiger charge is -2.15. The van der Waals surface area contributed by atoms with E-state index < -0.39 is 33.8 Å². The van der Waals surface area contributed by atoms with E-state index in [0.717, 1.165) is 0 Å². The molecule has 0 bridgehead atoms. The van der Waals surface area contributed by atoms with Crippen molar-refractivity contribution in [1.29, 1.82) is 0 Å². The van der Waals surface area contributed by atoms with Gasteiger partial charge in [-0.3, -0.25) is 10.1 Å². The molecule has 3 amide bonds. The van der Waals surface area contributed by atoms with Gasteiger partial charge in [0, 0.05) is 6.04 Å². The molecular weight excluding hydrogens is 348 g/mol. The Balaban J connectivity index is 2.86. The third-order valence-electron chi connectivity index (χ3n) is 3.13. The molecule has 138 valence electrons. The molecule has 25 heavy (non-hydrogen) atoms. The second kappa shape index (κ2) is 8.61. The van der Waals surface area contributed by atoms with Crippen molar-refractivity contribution >= 4 is 27.7 Å². The number of sulfone groups is 1. The second-order valence-corrected chi connectivity index (χ2v) is 7.81. The molecular formula is C16H22N2O6S. The first-order valence-corrected chi connectivity index (χ1v) is 9.37. The molecule has 0 aromatic heterocycles. The van der Waals surface area contributed by atoms with Crippen LogP contribution in [-0.2, 0) is 19.4 Å². The van der Waals surface area contributed by atoms with Crippen molar-refractivity contribution < 1.29 is 27.5 Å². The van der Waals surface area contributed by atoms with Crippen LogP contribution in [0.4, 0.5) is 4.79 Å². The molecule has 0 aliphatic rings. The normalized spacial score (nSPS) is 12.4. The zero-order valence-corrected chi connectivity index (χ0v) is 15.3. The molecule has 0 saturated carbocycles. The number of hydrogen-bond donors (Lipinski definition) is 2. The first-order chi connectivity index (χ1) is 11.6. The van der Waals surface area contributed by atoms with E-state index in [9.17, 15) is 22.8 Å². The molecule has 1 atom stereocenters. The third kappa shape index (κ3) is 5.86. The molecule has 1 rings (SSSR count). The Morgan fingerprint density at radius 1 is 1.12 bits per heavy atom. The minimum absolute atomic E-state index is 0.157. The van der Waals surface area contributed by atoms with Gasteiger partial charge < -0.3 is 10.1 Å². The van der Waals surface area contributed by atoms with Crippen LogP contribution in [0.2, 0.25) is 0 Å². The molecule has 1 aromatic carbocycles. The van der Waals surface area contributed by atoms with E-state index in [0.29, 0.717) is 0 Å². The van der Waals surface area contributed by atoms with Crippen molar-refractivity contribution in [2.45, 2.75) is 44.7 Å². The van der Waals surface area contributed by atoms with Gasteiger partial charge >= 0.3 is 12.0 Å². The highest BCUT2D eigenvalue weighted by Crippen LogP contribution is 2.18. The molecule has 0 aliphatic carbocycles. The number of ether oxygens (including phenoxy) is 1. The van der Waals surface area contributed by atoms with E-state index in [1.54, 1.807) is 13.8 Å². The van der Waals surface area contributed by atoms with Crippen molar-refractivity contribution in [1.82, 2.24) is 10.6 Å². The summed E-state index contributed by atoms with van der Waals surface area (Å²) in [5, 5.41) is 4.50. The van der Waals surface area contributed by atoms with Crippen molar-refractivity contribution in [2.75, 3.05) is 5.75 Å². The fraction of sp³-hybridized carbons (Fsp3) is 0.438. The zero-order valence-electron chi connectivity index (χ0n) is 14.5. The fourth-order valence-corrected chi connectivity index (χ4v) is 2.93. The Morgan fingerprint density at radius 2 is 1.72 bits per heavy atom. The summed E-state index contributed by atoms with van der Waals surface area (Å²) in [7, 11) is -3.63. The number of urea groups is 1. The number of nitrogens with one attached hydrogen (secondary N) is 2. The number of carbonyl (C=O) groups is 3. The summed E-state index contributed by atoms with van der Waals surface area (Å²) in [5.41, 5.74) is -0.157. The van der Waals surface area contributed by atoms with Crippen molar-refractivity contribution in [3.05, 3.63) is 29.8 Å². The molecule has 9 heteroatoms. The molecule has 2 N–H and O–H groups in total. The van der Waals surface area contributed by atoms with Crippen LogP contribution < -0.4 is 10.6 Å². The highest BCUT2D eigenvalue weighted by Gasteiger charge is 2.25. The number of hydrogen-bond acceptors (Lipinski definition) is 6. The Hall–Kier alpha value is -2.42. The maximum Gasteiger partial charge on any atom is 0.340 e. The first-order valence-electron chi connectivity index (χ1n) is 7.72. The third-order valence-corrected chi connectivity index (χ3v) is 4.92. The van der Waals surface area contributed by atoms with E-state index in [-0.39, 0.29) is 22.3 Å². The van der Waals surface area contributed by atoms with Gasteiger partial charge in [-0.05, 0) is 32.9 Å². The van der Waals surface area contributed by atoms with Gasteiger partial charge in [-0.15, -0.1) is 0 Å². The van der Waals surface area contributed by atoms with E-state index >= 15 is 0 Å². The van der Waals surface area contributed by atoms with Crippen LogP contribution in [0, 0.1) is 0 Å². The van der Waals surface area contributed by atoms with E-state index in [4.69, 9.17) is 4.74 Å². The average molecular weight is 370 g/mol. The molecule has 0 spiro atoms. The van der Waals surface area contributed by atoms with Crippen molar-refractivity contribution in [2.24, 2.45) is 0 Å². The van der Waals surface area contributed by atoms with Crippen LogP contribution in [-0.4, -0.2) is 44.2 Å². The highest BCUT2D eigenvalue weighted by atomic mass is 32.2. The predicted molar refractivity (Wildman–Crippen MR) is 90.9 cm³/mol. The van der Waals surface area contributed by atoms with Crippen molar-refractivity contribution in [3.63, 3.8) is 0 Å². The van der Waals surface area contributed by atoms with E-state index in [1.165, 1.54) is 38.1 Å². The number of esters is 1.